The second kappa shape index (κ2) is 7.16. The molecule has 4 nitrogen and oxygen atoms in total. The number of halogens is 2. The average molecular weight is 302 g/mol. The number of carboxylic acid groups (broad SMARTS) is 1. The van der Waals surface area contributed by atoms with E-state index < -0.39 is 17.9 Å². The molecule has 0 fully saturated rings. The molecule has 1 rings (SSSR count). The van der Waals surface area contributed by atoms with E-state index in [1.807, 2.05) is 0 Å². The lowest BCUT2D eigenvalue weighted by Gasteiger charge is -2.12. The second-order valence-corrected chi connectivity index (χ2v) is 4.72. The van der Waals surface area contributed by atoms with Crippen LogP contribution in [0.4, 0.5) is 0 Å². The Labute approximate surface area is 121 Å². The quantitative estimate of drug-likeness (QED) is 0.794. The Balaban J connectivity index is 2.65. The SMILES string of the molecule is C=CCC(NC(=O)Cc1ccc(Cl)c(Cl)c1)C(=O)O. The molecule has 0 radical (unpaired) electrons. The van der Waals surface area contributed by atoms with Gasteiger partial charge in [-0.15, -0.1) is 6.58 Å². The van der Waals surface area contributed by atoms with Crippen molar-refractivity contribution >= 4 is 35.1 Å². The van der Waals surface area contributed by atoms with Gasteiger partial charge in [0.05, 0.1) is 16.5 Å². The predicted molar refractivity (Wildman–Crippen MR) is 74.5 cm³/mol. The van der Waals surface area contributed by atoms with Crippen molar-refractivity contribution in [3.63, 3.8) is 0 Å². The largest absolute Gasteiger partial charge is 0.480 e. The zero-order chi connectivity index (χ0) is 14.4. The highest BCUT2D eigenvalue weighted by Gasteiger charge is 2.18. The maximum atomic E-state index is 11.7. The molecule has 1 aromatic carbocycles. The molecule has 0 aliphatic heterocycles. The maximum absolute atomic E-state index is 11.7. The van der Waals surface area contributed by atoms with Gasteiger partial charge in [0.25, 0.3) is 0 Å². The van der Waals surface area contributed by atoms with Crippen LogP contribution in [0.3, 0.4) is 0 Å². The number of carbonyl (C=O) groups is 2. The Kier molecular flexibility index (Phi) is 5.86. The number of hydrogen-bond donors (Lipinski definition) is 2. The summed E-state index contributed by atoms with van der Waals surface area (Å²) in [5, 5.41) is 12.1. The minimum absolute atomic E-state index is 0.0395. The van der Waals surface area contributed by atoms with E-state index in [1.54, 1.807) is 18.2 Å². The van der Waals surface area contributed by atoms with Crippen molar-refractivity contribution in [2.24, 2.45) is 0 Å². The highest BCUT2D eigenvalue weighted by molar-refractivity contribution is 6.42. The molecule has 0 heterocycles. The molecular formula is C13H13Cl2NO3. The molecule has 1 unspecified atom stereocenters. The van der Waals surface area contributed by atoms with Crippen LogP contribution in [0.15, 0.2) is 30.9 Å². The number of rotatable bonds is 6. The van der Waals surface area contributed by atoms with E-state index in [-0.39, 0.29) is 12.8 Å². The molecule has 1 atom stereocenters. The maximum Gasteiger partial charge on any atom is 0.326 e. The van der Waals surface area contributed by atoms with Crippen LogP contribution in [0.1, 0.15) is 12.0 Å². The molecule has 0 spiro atoms. The van der Waals surface area contributed by atoms with E-state index in [9.17, 15) is 9.59 Å². The topological polar surface area (TPSA) is 66.4 Å². The molecule has 0 aliphatic rings. The molecule has 102 valence electrons. The highest BCUT2D eigenvalue weighted by Crippen LogP contribution is 2.22. The van der Waals surface area contributed by atoms with Gasteiger partial charge in [0.2, 0.25) is 5.91 Å². The minimum Gasteiger partial charge on any atom is -0.480 e. The van der Waals surface area contributed by atoms with Crippen molar-refractivity contribution in [3.05, 3.63) is 46.5 Å². The van der Waals surface area contributed by atoms with E-state index in [1.165, 1.54) is 6.08 Å². The van der Waals surface area contributed by atoms with Crippen LogP contribution in [0.25, 0.3) is 0 Å². The monoisotopic (exact) mass is 301 g/mol. The van der Waals surface area contributed by atoms with Gasteiger partial charge < -0.3 is 10.4 Å². The normalized spacial score (nSPS) is 11.7. The summed E-state index contributed by atoms with van der Waals surface area (Å²) in [6.45, 7) is 3.45. The first-order valence-corrected chi connectivity index (χ1v) is 6.26. The van der Waals surface area contributed by atoms with Gasteiger partial charge in [-0.1, -0.05) is 35.3 Å². The first-order chi connectivity index (χ1) is 8.93. The Morgan fingerprint density at radius 1 is 1.37 bits per heavy atom. The molecule has 0 saturated heterocycles. The van der Waals surface area contributed by atoms with Crippen molar-refractivity contribution in [2.45, 2.75) is 18.9 Å². The number of hydrogen-bond acceptors (Lipinski definition) is 2. The van der Waals surface area contributed by atoms with Crippen LogP contribution in [0.5, 0.6) is 0 Å². The van der Waals surface area contributed by atoms with Crippen molar-refractivity contribution in [1.29, 1.82) is 0 Å². The van der Waals surface area contributed by atoms with Crippen molar-refractivity contribution in [3.8, 4) is 0 Å². The third-order valence-electron chi connectivity index (χ3n) is 2.38. The lowest BCUT2D eigenvalue weighted by Crippen LogP contribution is -2.41. The van der Waals surface area contributed by atoms with Gasteiger partial charge in [0.15, 0.2) is 0 Å². The molecule has 19 heavy (non-hydrogen) atoms. The number of aliphatic carboxylic acids is 1. The van der Waals surface area contributed by atoms with Crippen LogP contribution in [-0.4, -0.2) is 23.0 Å². The fourth-order valence-electron chi connectivity index (χ4n) is 1.47. The first-order valence-electron chi connectivity index (χ1n) is 5.51. The van der Waals surface area contributed by atoms with Crippen LogP contribution in [0.2, 0.25) is 10.0 Å². The molecule has 0 saturated carbocycles. The summed E-state index contributed by atoms with van der Waals surface area (Å²) < 4.78 is 0. The highest BCUT2D eigenvalue weighted by atomic mass is 35.5. The fourth-order valence-corrected chi connectivity index (χ4v) is 1.79. The molecule has 1 aromatic rings. The third-order valence-corrected chi connectivity index (χ3v) is 3.12. The van der Waals surface area contributed by atoms with E-state index in [0.29, 0.717) is 15.6 Å². The van der Waals surface area contributed by atoms with Gasteiger partial charge >= 0.3 is 5.97 Å². The van der Waals surface area contributed by atoms with Crippen LogP contribution in [0, 0.1) is 0 Å². The molecule has 6 heteroatoms. The molecule has 0 aromatic heterocycles. The third kappa shape index (κ3) is 4.93. The van der Waals surface area contributed by atoms with Gasteiger partial charge in [0.1, 0.15) is 6.04 Å². The summed E-state index contributed by atoms with van der Waals surface area (Å²) in [6.07, 6.45) is 1.65. The number of benzene rings is 1. The summed E-state index contributed by atoms with van der Waals surface area (Å²) in [4.78, 5) is 22.6. The smallest absolute Gasteiger partial charge is 0.326 e. The van der Waals surface area contributed by atoms with E-state index >= 15 is 0 Å². The Hall–Kier alpha value is -1.52. The van der Waals surface area contributed by atoms with Crippen LogP contribution < -0.4 is 5.32 Å². The standard InChI is InChI=1S/C13H13Cl2NO3/c1-2-3-11(13(18)19)16-12(17)7-8-4-5-9(14)10(15)6-8/h2,4-6,11H,1,3,7H2,(H,16,17)(H,18,19). The Bertz CT molecular complexity index is 503. The summed E-state index contributed by atoms with van der Waals surface area (Å²) in [5.74, 6) is -1.49. The number of carboxylic acids is 1. The van der Waals surface area contributed by atoms with E-state index in [4.69, 9.17) is 28.3 Å². The lowest BCUT2D eigenvalue weighted by atomic mass is 10.1. The summed E-state index contributed by atoms with van der Waals surface area (Å²) in [7, 11) is 0. The molecular weight excluding hydrogens is 289 g/mol. The predicted octanol–water partition coefficient (Wildman–Crippen LogP) is 2.68. The molecule has 0 aliphatic carbocycles. The van der Waals surface area contributed by atoms with Gasteiger partial charge in [-0.25, -0.2) is 4.79 Å². The van der Waals surface area contributed by atoms with Gasteiger partial charge in [-0.3, -0.25) is 4.79 Å². The van der Waals surface area contributed by atoms with Gasteiger partial charge in [-0.2, -0.15) is 0 Å². The van der Waals surface area contributed by atoms with Crippen LogP contribution >= 0.6 is 23.2 Å². The van der Waals surface area contributed by atoms with Crippen LogP contribution in [-0.2, 0) is 16.0 Å². The van der Waals surface area contributed by atoms with Gasteiger partial charge in [-0.05, 0) is 24.1 Å². The molecule has 2 N–H and O–H groups in total. The summed E-state index contributed by atoms with van der Waals surface area (Å²) in [6, 6.07) is 3.86. The number of nitrogens with one attached hydrogen (secondary N) is 1. The first kappa shape index (κ1) is 15.5. The second-order valence-electron chi connectivity index (χ2n) is 3.91. The van der Waals surface area contributed by atoms with Crippen molar-refractivity contribution in [1.82, 2.24) is 5.32 Å². The Morgan fingerprint density at radius 2 is 2.05 bits per heavy atom. The van der Waals surface area contributed by atoms with Gasteiger partial charge in [0, 0.05) is 0 Å². The Morgan fingerprint density at radius 3 is 2.58 bits per heavy atom. The number of carbonyl (C=O) groups excluding carboxylic acids is 1. The minimum atomic E-state index is -1.10. The van der Waals surface area contributed by atoms with Crippen molar-refractivity contribution < 1.29 is 14.7 Å². The zero-order valence-corrected chi connectivity index (χ0v) is 11.5. The van der Waals surface area contributed by atoms with E-state index in [0.717, 1.165) is 0 Å². The number of amides is 1. The lowest BCUT2D eigenvalue weighted by molar-refractivity contribution is -0.141. The fraction of sp³-hybridized carbons (Fsp3) is 0.231. The van der Waals surface area contributed by atoms with E-state index in [2.05, 4.69) is 11.9 Å². The summed E-state index contributed by atoms with van der Waals surface area (Å²) in [5.41, 5.74) is 0.662. The molecule has 0 bridgehead atoms. The van der Waals surface area contributed by atoms with Crippen molar-refractivity contribution in [2.75, 3.05) is 0 Å². The average Bonchev–Trinajstić information content (AvgIpc) is 2.33. The zero-order valence-electron chi connectivity index (χ0n) is 10.0. The molecule has 1 amide bonds. The summed E-state index contributed by atoms with van der Waals surface area (Å²) >= 11 is 11.6.